The predicted molar refractivity (Wildman–Crippen MR) is 80.7 cm³/mol. The summed E-state index contributed by atoms with van der Waals surface area (Å²) in [7, 11) is 0. The van der Waals surface area contributed by atoms with Gasteiger partial charge >= 0.3 is 0 Å². The van der Waals surface area contributed by atoms with Crippen molar-refractivity contribution in [1.29, 1.82) is 0 Å². The van der Waals surface area contributed by atoms with Gasteiger partial charge in [-0.1, -0.05) is 58.1 Å². The molecular weight excluding hydrogens is 216 g/mol. The first-order valence-electron chi connectivity index (χ1n) is 8.43. The van der Waals surface area contributed by atoms with Crippen LogP contribution in [0.25, 0.3) is 0 Å². The summed E-state index contributed by atoms with van der Waals surface area (Å²) in [5, 5.41) is 0. The first-order valence-corrected chi connectivity index (χ1v) is 8.43. The van der Waals surface area contributed by atoms with Crippen molar-refractivity contribution in [2.45, 2.75) is 85.0 Å². The normalized spacial score (nSPS) is 39.4. The van der Waals surface area contributed by atoms with Crippen molar-refractivity contribution in [3.8, 4) is 0 Å². The van der Waals surface area contributed by atoms with Crippen LogP contribution in [0.15, 0.2) is 11.6 Å². The SMILES string of the molecule is CC.CC12CCC=C(CCC3CCCCC3C1)C2. The number of hydrogen-bond donors (Lipinski definition) is 0. The van der Waals surface area contributed by atoms with Crippen LogP contribution in [0.1, 0.15) is 85.0 Å². The molecule has 0 heteroatoms. The third-order valence-electron chi connectivity index (χ3n) is 5.49. The summed E-state index contributed by atoms with van der Waals surface area (Å²) in [4.78, 5) is 0. The maximum Gasteiger partial charge on any atom is -0.0266 e. The molecule has 3 atom stereocenters. The molecule has 3 aliphatic carbocycles. The lowest BCUT2D eigenvalue weighted by atomic mass is 9.62. The molecule has 0 aromatic rings. The van der Waals surface area contributed by atoms with Crippen LogP contribution in [0, 0.1) is 17.3 Å². The topological polar surface area (TPSA) is 0 Å². The molecule has 0 saturated heterocycles. The van der Waals surface area contributed by atoms with Crippen LogP contribution in [-0.2, 0) is 0 Å². The molecule has 0 aliphatic heterocycles. The van der Waals surface area contributed by atoms with E-state index in [1.54, 1.807) is 12.0 Å². The Morgan fingerprint density at radius 3 is 2.56 bits per heavy atom. The van der Waals surface area contributed by atoms with E-state index in [0.29, 0.717) is 5.41 Å². The molecular formula is C18H32. The standard InChI is InChI=1S/C16H26.C2H6/c1-16-10-4-5-13(11-16)8-9-14-6-2-3-7-15(14)12-16;1-2/h5,14-15H,2-4,6-12H2,1H3;1-2H3. The highest BCUT2D eigenvalue weighted by atomic mass is 14.4. The summed E-state index contributed by atoms with van der Waals surface area (Å²) in [5.74, 6) is 2.16. The van der Waals surface area contributed by atoms with Crippen LogP contribution in [0.5, 0.6) is 0 Å². The summed E-state index contributed by atoms with van der Waals surface area (Å²) in [6.45, 7) is 6.57. The highest BCUT2D eigenvalue weighted by molar-refractivity contribution is 5.12. The van der Waals surface area contributed by atoms with E-state index in [1.807, 2.05) is 13.8 Å². The lowest BCUT2D eigenvalue weighted by molar-refractivity contribution is 0.115. The average Bonchev–Trinajstić information content (AvgIpc) is 2.39. The Bertz CT molecular complexity index is 288. The van der Waals surface area contributed by atoms with E-state index < -0.39 is 0 Å². The highest BCUT2D eigenvalue weighted by Crippen LogP contribution is 2.49. The summed E-state index contributed by atoms with van der Waals surface area (Å²) in [5.41, 5.74) is 2.47. The largest absolute Gasteiger partial charge is 0.0853 e. The van der Waals surface area contributed by atoms with E-state index in [0.717, 1.165) is 11.8 Å². The monoisotopic (exact) mass is 248 g/mol. The van der Waals surface area contributed by atoms with Crippen molar-refractivity contribution < 1.29 is 0 Å². The van der Waals surface area contributed by atoms with E-state index >= 15 is 0 Å². The van der Waals surface area contributed by atoms with Crippen LogP contribution in [-0.4, -0.2) is 0 Å². The van der Waals surface area contributed by atoms with E-state index in [4.69, 9.17) is 0 Å². The molecule has 3 rings (SSSR count). The fraction of sp³-hybridized carbons (Fsp3) is 0.889. The average molecular weight is 248 g/mol. The fourth-order valence-corrected chi connectivity index (χ4v) is 4.64. The lowest BCUT2D eigenvalue weighted by Gasteiger charge is -2.44. The van der Waals surface area contributed by atoms with Gasteiger partial charge in [0.05, 0.1) is 0 Å². The van der Waals surface area contributed by atoms with E-state index in [1.165, 1.54) is 57.8 Å². The third-order valence-corrected chi connectivity index (χ3v) is 5.49. The lowest BCUT2D eigenvalue weighted by Crippen LogP contribution is -2.31. The van der Waals surface area contributed by atoms with Crippen molar-refractivity contribution in [3.05, 3.63) is 11.6 Å². The minimum Gasteiger partial charge on any atom is -0.0853 e. The minimum atomic E-state index is 0.671. The number of hydrogen-bond acceptors (Lipinski definition) is 0. The van der Waals surface area contributed by atoms with Gasteiger partial charge in [-0.3, -0.25) is 0 Å². The smallest absolute Gasteiger partial charge is 0.0266 e. The van der Waals surface area contributed by atoms with Gasteiger partial charge in [0, 0.05) is 0 Å². The first kappa shape index (κ1) is 14.2. The summed E-state index contributed by atoms with van der Waals surface area (Å²) >= 11 is 0. The molecule has 2 bridgehead atoms. The maximum absolute atomic E-state index is 2.57. The van der Waals surface area contributed by atoms with Gasteiger partial charge in [0.15, 0.2) is 0 Å². The molecule has 104 valence electrons. The molecule has 18 heavy (non-hydrogen) atoms. The summed E-state index contributed by atoms with van der Waals surface area (Å²) in [6, 6.07) is 0. The van der Waals surface area contributed by atoms with Crippen LogP contribution in [0.2, 0.25) is 0 Å². The van der Waals surface area contributed by atoms with Gasteiger partial charge < -0.3 is 0 Å². The molecule has 0 spiro atoms. The minimum absolute atomic E-state index is 0.671. The molecule has 3 unspecified atom stereocenters. The van der Waals surface area contributed by atoms with Gasteiger partial charge in [0.2, 0.25) is 0 Å². The molecule has 0 N–H and O–H groups in total. The number of rotatable bonds is 0. The van der Waals surface area contributed by atoms with E-state index in [2.05, 4.69) is 13.0 Å². The quantitative estimate of drug-likeness (QED) is 0.453. The molecule has 0 amide bonds. The Morgan fingerprint density at radius 1 is 1.06 bits per heavy atom. The Kier molecular flexibility index (Phi) is 4.92. The third kappa shape index (κ3) is 3.19. The van der Waals surface area contributed by atoms with Gasteiger partial charge in [-0.05, 0) is 55.8 Å². The number of allylic oxidation sites excluding steroid dienone is 2. The van der Waals surface area contributed by atoms with Crippen molar-refractivity contribution in [2.24, 2.45) is 17.3 Å². The highest BCUT2D eigenvalue weighted by Gasteiger charge is 2.36. The van der Waals surface area contributed by atoms with Crippen molar-refractivity contribution >= 4 is 0 Å². The molecule has 0 aromatic carbocycles. The second-order valence-corrected chi connectivity index (χ2v) is 6.94. The molecule has 0 aromatic heterocycles. The van der Waals surface area contributed by atoms with Gasteiger partial charge in [-0.15, -0.1) is 0 Å². The van der Waals surface area contributed by atoms with Gasteiger partial charge in [-0.25, -0.2) is 0 Å². The second kappa shape index (κ2) is 6.26. The first-order chi connectivity index (χ1) is 8.75. The fourth-order valence-electron chi connectivity index (χ4n) is 4.64. The molecule has 2 fully saturated rings. The van der Waals surface area contributed by atoms with E-state index in [9.17, 15) is 0 Å². The Morgan fingerprint density at radius 2 is 1.78 bits per heavy atom. The zero-order valence-corrected chi connectivity index (χ0v) is 12.8. The van der Waals surface area contributed by atoms with Crippen molar-refractivity contribution in [3.63, 3.8) is 0 Å². The molecule has 2 saturated carbocycles. The van der Waals surface area contributed by atoms with Gasteiger partial charge in [-0.2, -0.15) is 0 Å². The van der Waals surface area contributed by atoms with Crippen LogP contribution >= 0.6 is 0 Å². The Labute approximate surface area is 114 Å². The number of fused-ring (bicyclic) bond motifs is 3. The molecule has 0 radical (unpaired) electrons. The molecule has 0 nitrogen and oxygen atoms in total. The van der Waals surface area contributed by atoms with Crippen LogP contribution in [0.4, 0.5) is 0 Å². The zero-order chi connectivity index (χ0) is 13.0. The molecule has 3 aliphatic rings. The Hall–Kier alpha value is -0.260. The van der Waals surface area contributed by atoms with Crippen LogP contribution in [0.3, 0.4) is 0 Å². The van der Waals surface area contributed by atoms with Gasteiger partial charge in [0.25, 0.3) is 0 Å². The predicted octanol–water partition coefficient (Wildman–Crippen LogP) is 6.12. The zero-order valence-electron chi connectivity index (χ0n) is 12.8. The van der Waals surface area contributed by atoms with Gasteiger partial charge in [0.1, 0.15) is 0 Å². The van der Waals surface area contributed by atoms with Crippen molar-refractivity contribution in [2.75, 3.05) is 0 Å². The maximum atomic E-state index is 2.57. The van der Waals surface area contributed by atoms with E-state index in [-0.39, 0.29) is 0 Å². The van der Waals surface area contributed by atoms with Crippen molar-refractivity contribution in [1.82, 2.24) is 0 Å². The summed E-state index contributed by atoms with van der Waals surface area (Å²) in [6.07, 6.45) is 17.4. The van der Waals surface area contributed by atoms with Crippen LogP contribution < -0.4 is 0 Å². The summed E-state index contributed by atoms with van der Waals surface area (Å²) < 4.78 is 0. The molecule has 0 heterocycles. The second-order valence-electron chi connectivity index (χ2n) is 6.94. The Balaban J connectivity index is 0.000000574.